The maximum absolute atomic E-state index is 12.5. The highest BCUT2D eigenvalue weighted by molar-refractivity contribution is 9.10. The number of hydrogen-bond donors (Lipinski definition) is 1. The molecule has 1 heterocycles. The van der Waals surface area contributed by atoms with Crippen molar-refractivity contribution in [2.75, 3.05) is 13.7 Å². The number of amides is 1. The molecule has 10 nitrogen and oxygen atoms in total. The zero-order valence-corrected chi connectivity index (χ0v) is 21.5. The molecule has 0 aliphatic heterocycles. The maximum atomic E-state index is 12.5. The maximum Gasteiger partial charge on any atom is 0.307 e. The quantitative estimate of drug-likeness (QED) is 0.144. The lowest BCUT2D eigenvalue weighted by atomic mass is 10.2. The van der Waals surface area contributed by atoms with Crippen LogP contribution >= 0.6 is 15.9 Å². The predicted octanol–water partition coefficient (Wildman–Crippen LogP) is 5.85. The van der Waals surface area contributed by atoms with Gasteiger partial charge in [-0.3, -0.25) is 14.9 Å². The van der Waals surface area contributed by atoms with Gasteiger partial charge in [-0.1, -0.05) is 12.1 Å². The Labute approximate surface area is 220 Å². The molecule has 0 aliphatic rings. The van der Waals surface area contributed by atoms with Crippen molar-refractivity contribution in [1.82, 2.24) is 5.43 Å². The van der Waals surface area contributed by atoms with E-state index in [9.17, 15) is 14.9 Å². The lowest BCUT2D eigenvalue weighted by Gasteiger charge is -2.13. The summed E-state index contributed by atoms with van der Waals surface area (Å²) >= 11 is 3.46. The fourth-order valence-corrected chi connectivity index (χ4v) is 4.05. The third-order valence-corrected chi connectivity index (χ3v) is 5.75. The van der Waals surface area contributed by atoms with Crippen molar-refractivity contribution in [3.63, 3.8) is 0 Å². The van der Waals surface area contributed by atoms with Crippen molar-refractivity contribution in [3.8, 4) is 17.2 Å². The van der Waals surface area contributed by atoms with Gasteiger partial charge in [0.2, 0.25) is 0 Å². The smallest absolute Gasteiger partial charge is 0.307 e. The van der Waals surface area contributed by atoms with Crippen molar-refractivity contribution in [2.24, 2.45) is 5.10 Å². The number of furan rings is 1. The van der Waals surface area contributed by atoms with Gasteiger partial charge in [0, 0.05) is 17.5 Å². The minimum Gasteiger partial charge on any atom is -0.494 e. The Morgan fingerprint density at radius 3 is 2.76 bits per heavy atom. The van der Waals surface area contributed by atoms with Gasteiger partial charge < -0.3 is 18.6 Å². The zero-order chi connectivity index (χ0) is 26.4. The number of hydrogen-bond acceptors (Lipinski definition) is 8. The molecule has 1 N–H and O–H groups in total. The van der Waals surface area contributed by atoms with E-state index in [1.54, 1.807) is 48.5 Å². The highest BCUT2D eigenvalue weighted by Crippen LogP contribution is 2.37. The number of halogens is 1. The second-order valence-electron chi connectivity index (χ2n) is 7.69. The largest absolute Gasteiger partial charge is 0.494 e. The monoisotopic (exact) mass is 567 g/mol. The molecule has 0 radical (unpaired) electrons. The Balaban J connectivity index is 1.43. The molecule has 4 rings (SSSR count). The number of nitrogens with zero attached hydrogens (tertiary/aromatic N) is 2. The molecule has 0 unspecified atom stereocenters. The average molecular weight is 568 g/mol. The number of carbonyl (C=O) groups excluding carboxylic acids is 1. The first-order chi connectivity index (χ1) is 17.9. The van der Waals surface area contributed by atoms with E-state index >= 15 is 0 Å². The fourth-order valence-electron chi connectivity index (χ4n) is 3.48. The molecule has 0 spiro atoms. The van der Waals surface area contributed by atoms with Crippen LogP contribution in [0.3, 0.4) is 0 Å². The van der Waals surface area contributed by atoms with Crippen molar-refractivity contribution in [1.29, 1.82) is 0 Å². The standard InChI is InChI=1S/C26H22BrN3O7/c1-3-35-20-7-8-22-18(12-20)13-24(37-22)26(31)29-28-14-17-10-21(27)25(23(11-17)34-2)36-15-16-5-4-6-19(9-16)30(32)33/h4-14H,3,15H2,1-2H3,(H,29,31)/b28-14+. The van der Waals surface area contributed by atoms with E-state index in [4.69, 9.17) is 18.6 Å². The summed E-state index contributed by atoms with van der Waals surface area (Å²) in [5, 5.41) is 15.7. The summed E-state index contributed by atoms with van der Waals surface area (Å²) in [6, 6.07) is 16.5. The molecule has 3 aromatic carbocycles. The number of fused-ring (bicyclic) bond motifs is 1. The van der Waals surface area contributed by atoms with Gasteiger partial charge in [0.05, 0.1) is 29.3 Å². The summed E-state index contributed by atoms with van der Waals surface area (Å²) in [5.41, 5.74) is 4.25. The Morgan fingerprint density at radius 2 is 2.00 bits per heavy atom. The van der Waals surface area contributed by atoms with E-state index in [0.717, 1.165) is 5.39 Å². The second kappa shape index (κ2) is 11.6. The van der Waals surface area contributed by atoms with Crippen molar-refractivity contribution in [2.45, 2.75) is 13.5 Å². The van der Waals surface area contributed by atoms with E-state index < -0.39 is 10.8 Å². The second-order valence-corrected chi connectivity index (χ2v) is 8.55. The first-order valence-electron chi connectivity index (χ1n) is 11.1. The number of hydrazone groups is 1. The number of nitro groups is 1. The van der Waals surface area contributed by atoms with Gasteiger partial charge in [0.25, 0.3) is 5.69 Å². The number of benzene rings is 3. The predicted molar refractivity (Wildman–Crippen MR) is 141 cm³/mol. The van der Waals surface area contributed by atoms with E-state index in [1.165, 1.54) is 25.5 Å². The molecule has 0 fully saturated rings. The Hall–Kier alpha value is -4.38. The zero-order valence-electron chi connectivity index (χ0n) is 19.9. The van der Waals surface area contributed by atoms with Crippen LogP contribution in [0.4, 0.5) is 5.69 Å². The first-order valence-corrected chi connectivity index (χ1v) is 11.9. The van der Waals surface area contributed by atoms with Crippen molar-refractivity contribution in [3.05, 3.63) is 92.1 Å². The lowest BCUT2D eigenvalue weighted by molar-refractivity contribution is -0.384. The average Bonchev–Trinajstić information content (AvgIpc) is 3.32. The summed E-state index contributed by atoms with van der Waals surface area (Å²) in [6.45, 7) is 2.53. The van der Waals surface area contributed by atoms with Crippen molar-refractivity contribution < 1.29 is 28.3 Å². The van der Waals surface area contributed by atoms with Gasteiger partial charge in [-0.25, -0.2) is 5.43 Å². The molecule has 11 heteroatoms. The normalized spacial score (nSPS) is 11.0. The number of carbonyl (C=O) groups is 1. The molecular formula is C26H22BrN3O7. The highest BCUT2D eigenvalue weighted by Gasteiger charge is 2.14. The van der Waals surface area contributed by atoms with Crippen LogP contribution in [0.15, 0.2) is 74.7 Å². The lowest BCUT2D eigenvalue weighted by Crippen LogP contribution is -2.16. The Kier molecular flexibility index (Phi) is 8.04. The van der Waals surface area contributed by atoms with E-state index in [2.05, 4.69) is 26.5 Å². The van der Waals surface area contributed by atoms with Gasteiger partial charge in [0.15, 0.2) is 17.3 Å². The summed E-state index contributed by atoms with van der Waals surface area (Å²) in [6.07, 6.45) is 1.45. The number of nitro benzene ring substituents is 1. The molecule has 37 heavy (non-hydrogen) atoms. The number of ether oxygens (including phenoxy) is 3. The molecule has 4 aromatic rings. The van der Waals surface area contributed by atoms with Crippen LogP contribution in [-0.2, 0) is 6.61 Å². The Bertz CT molecular complexity index is 1480. The van der Waals surface area contributed by atoms with Gasteiger partial charge in [-0.05, 0) is 70.4 Å². The molecule has 1 aromatic heterocycles. The first kappa shape index (κ1) is 25.7. The van der Waals surface area contributed by atoms with Gasteiger partial charge in [-0.2, -0.15) is 5.10 Å². The SMILES string of the molecule is CCOc1ccc2oc(C(=O)N/N=C/c3cc(Br)c(OCc4cccc([N+](=O)[O-])c4)c(OC)c3)cc2c1. The van der Waals surface area contributed by atoms with E-state index in [0.29, 0.717) is 45.0 Å². The number of non-ortho nitro benzene ring substituents is 1. The van der Waals surface area contributed by atoms with Crippen LogP contribution in [-0.4, -0.2) is 30.8 Å². The summed E-state index contributed by atoms with van der Waals surface area (Å²) in [7, 11) is 1.49. The van der Waals surface area contributed by atoms with Gasteiger partial charge >= 0.3 is 5.91 Å². The van der Waals surface area contributed by atoms with Crippen LogP contribution in [0.1, 0.15) is 28.6 Å². The molecule has 1 amide bonds. The van der Waals surface area contributed by atoms with E-state index in [-0.39, 0.29) is 18.1 Å². The number of rotatable bonds is 10. The van der Waals surface area contributed by atoms with Crippen LogP contribution in [0.2, 0.25) is 0 Å². The van der Waals surface area contributed by atoms with Gasteiger partial charge in [0.1, 0.15) is 17.9 Å². The summed E-state index contributed by atoms with van der Waals surface area (Å²) in [4.78, 5) is 23.0. The summed E-state index contributed by atoms with van der Waals surface area (Å²) in [5.74, 6) is 1.13. The van der Waals surface area contributed by atoms with Crippen LogP contribution < -0.4 is 19.6 Å². The van der Waals surface area contributed by atoms with Crippen LogP contribution in [0, 0.1) is 10.1 Å². The number of nitrogens with one attached hydrogen (secondary N) is 1. The van der Waals surface area contributed by atoms with Crippen LogP contribution in [0.25, 0.3) is 11.0 Å². The Morgan fingerprint density at radius 1 is 1.16 bits per heavy atom. The molecule has 0 atom stereocenters. The van der Waals surface area contributed by atoms with Crippen LogP contribution in [0.5, 0.6) is 17.2 Å². The van der Waals surface area contributed by atoms with Crippen molar-refractivity contribution >= 4 is 44.7 Å². The minimum absolute atomic E-state index is 0.0151. The third-order valence-electron chi connectivity index (χ3n) is 5.16. The minimum atomic E-state index is -0.506. The molecule has 0 aliphatic carbocycles. The molecular weight excluding hydrogens is 546 g/mol. The van der Waals surface area contributed by atoms with Gasteiger partial charge in [-0.15, -0.1) is 0 Å². The summed E-state index contributed by atoms with van der Waals surface area (Å²) < 4.78 is 22.9. The van der Waals surface area contributed by atoms with E-state index in [1.807, 2.05) is 6.92 Å². The molecule has 190 valence electrons. The third kappa shape index (κ3) is 6.25. The number of methoxy groups -OCH3 is 1. The molecule has 0 bridgehead atoms. The highest BCUT2D eigenvalue weighted by atomic mass is 79.9. The molecule has 0 saturated heterocycles. The molecule has 0 saturated carbocycles. The topological polar surface area (TPSA) is 125 Å². The fraction of sp³-hybridized carbons (Fsp3) is 0.154.